The van der Waals surface area contributed by atoms with Gasteiger partial charge in [-0.15, -0.1) is 11.3 Å². The predicted octanol–water partition coefficient (Wildman–Crippen LogP) is 2.09. The standard InChI is InChI=1S/C12H12N2O4S2/c1-8-6-19-12(13-8)14-20(17,18)7-9-3-2-4-10(5-9)11(15)16/h2-6H,7H2,1H3,(H,13,14)(H,15,16). The molecule has 0 amide bonds. The number of hydrogen-bond acceptors (Lipinski definition) is 5. The number of aryl methyl sites for hydroxylation is 1. The highest BCUT2D eigenvalue weighted by Crippen LogP contribution is 2.18. The molecule has 0 saturated heterocycles. The molecule has 1 aromatic carbocycles. The Hall–Kier alpha value is -1.93. The van der Waals surface area contributed by atoms with Gasteiger partial charge in [0.2, 0.25) is 10.0 Å². The Balaban J connectivity index is 2.15. The van der Waals surface area contributed by atoms with Gasteiger partial charge in [-0.05, 0) is 24.6 Å². The lowest BCUT2D eigenvalue weighted by atomic mass is 10.1. The van der Waals surface area contributed by atoms with E-state index in [-0.39, 0.29) is 11.3 Å². The summed E-state index contributed by atoms with van der Waals surface area (Å²) in [5.74, 6) is -1.39. The van der Waals surface area contributed by atoms with Gasteiger partial charge in [0.05, 0.1) is 17.0 Å². The Morgan fingerprint density at radius 1 is 1.45 bits per heavy atom. The zero-order valence-corrected chi connectivity index (χ0v) is 12.2. The number of carboxylic acid groups (broad SMARTS) is 1. The van der Waals surface area contributed by atoms with E-state index in [0.717, 1.165) is 5.69 Å². The molecule has 0 aliphatic carbocycles. The zero-order valence-electron chi connectivity index (χ0n) is 10.5. The number of carbonyl (C=O) groups is 1. The molecular weight excluding hydrogens is 300 g/mol. The van der Waals surface area contributed by atoms with Crippen molar-refractivity contribution < 1.29 is 18.3 Å². The van der Waals surface area contributed by atoms with Gasteiger partial charge in [-0.25, -0.2) is 18.2 Å². The van der Waals surface area contributed by atoms with Crippen LogP contribution in [0, 0.1) is 6.92 Å². The minimum Gasteiger partial charge on any atom is -0.478 e. The lowest BCUT2D eigenvalue weighted by Gasteiger charge is -2.06. The van der Waals surface area contributed by atoms with Crippen LogP contribution in [0.15, 0.2) is 29.6 Å². The topological polar surface area (TPSA) is 96.4 Å². The summed E-state index contributed by atoms with van der Waals surface area (Å²) in [4.78, 5) is 14.9. The Labute approximate surface area is 120 Å². The molecule has 8 heteroatoms. The van der Waals surface area contributed by atoms with E-state index < -0.39 is 16.0 Å². The molecule has 1 aromatic heterocycles. The van der Waals surface area contributed by atoms with Gasteiger partial charge in [0, 0.05) is 5.38 Å². The third-order valence-electron chi connectivity index (χ3n) is 2.39. The van der Waals surface area contributed by atoms with Crippen LogP contribution in [0.25, 0.3) is 0 Å². The number of aromatic carboxylic acids is 1. The molecule has 6 nitrogen and oxygen atoms in total. The van der Waals surface area contributed by atoms with E-state index in [0.29, 0.717) is 10.7 Å². The smallest absolute Gasteiger partial charge is 0.335 e. The number of sulfonamides is 1. The number of aromatic nitrogens is 1. The zero-order chi connectivity index (χ0) is 14.8. The van der Waals surface area contributed by atoms with Crippen molar-refractivity contribution in [3.63, 3.8) is 0 Å². The van der Waals surface area contributed by atoms with Crippen LogP contribution >= 0.6 is 11.3 Å². The van der Waals surface area contributed by atoms with Crippen molar-refractivity contribution in [2.75, 3.05) is 4.72 Å². The van der Waals surface area contributed by atoms with Gasteiger partial charge in [0.15, 0.2) is 5.13 Å². The summed E-state index contributed by atoms with van der Waals surface area (Å²) in [6.45, 7) is 1.77. The summed E-state index contributed by atoms with van der Waals surface area (Å²) >= 11 is 1.20. The molecule has 2 N–H and O–H groups in total. The summed E-state index contributed by atoms with van der Waals surface area (Å²) in [7, 11) is -3.61. The van der Waals surface area contributed by atoms with Gasteiger partial charge >= 0.3 is 5.97 Å². The summed E-state index contributed by atoms with van der Waals surface area (Å²) in [5.41, 5.74) is 1.20. The molecule has 0 spiro atoms. The lowest BCUT2D eigenvalue weighted by molar-refractivity contribution is 0.0696. The van der Waals surface area contributed by atoms with Gasteiger partial charge in [0.1, 0.15) is 0 Å². The normalized spacial score (nSPS) is 11.2. The van der Waals surface area contributed by atoms with Crippen molar-refractivity contribution in [1.29, 1.82) is 0 Å². The first kappa shape index (κ1) is 14.5. The van der Waals surface area contributed by atoms with Gasteiger partial charge < -0.3 is 5.11 Å². The molecule has 0 radical (unpaired) electrons. The summed E-state index contributed by atoms with van der Waals surface area (Å²) in [5, 5.41) is 10.9. The number of hydrogen-bond donors (Lipinski definition) is 2. The van der Waals surface area contributed by atoms with Crippen LogP contribution in [0.3, 0.4) is 0 Å². The molecular formula is C12H12N2O4S2. The fraction of sp³-hybridized carbons (Fsp3) is 0.167. The monoisotopic (exact) mass is 312 g/mol. The highest BCUT2D eigenvalue weighted by molar-refractivity contribution is 7.92. The van der Waals surface area contributed by atoms with Crippen molar-refractivity contribution in [3.05, 3.63) is 46.5 Å². The first-order chi connectivity index (χ1) is 9.35. The maximum Gasteiger partial charge on any atom is 0.335 e. The first-order valence-electron chi connectivity index (χ1n) is 5.60. The Bertz CT molecular complexity index is 737. The van der Waals surface area contributed by atoms with Crippen LogP contribution in [0.1, 0.15) is 21.6 Å². The van der Waals surface area contributed by atoms with E-state index >= 15 is 0 Å². The Morgan fingerprint density at radius 3 is 2.80 bits per heavy atom. The number of nitrogens with zero attached hydrogens (tertiary/aromatic N) is 1. The average molecular weight is 312 g/mol. The van der Waals surface area contributed by atoms with Crippen molar-refractivity contribution >= 4 is 32.5 Å². The minimum atomic E-state index is -3.61. The van der Waals surface area contributed by atoms with E-state index in [1.807, 2.05) is 0 Å². The molecule has 0 atom stereocenters. The molecule has 1 heterocycles. The van der Waals surface area contributed by atoms with E-state index in [9.17, 15) is 13.2 Å². The molecule has 2 rings (SSSR count). The average Bonchev–Trinajstić information content (AvgIpc) is 2.73. The minimum absolute atomic E-state index is 0.0581. The quantitative estimate of drug-likeness (QED) is 0.881. The van der Waals surface area contributed by atoms with Crippen LogP contribution in [-0.4, -0.2) is 24.5 Å². The lowest BCUT2D eigenvalue weighted by Crippen LogP contribution is -2.15. The molecule has 0 aliphatic rings. The van der Waals surface area contributed by atoms with Crippen LogP contribution in [-0.2, 0) is 15.8 Å². The second-order valence-corrected chi connectivity index (χ2v) is 6.74. The summed E-state index contributed by atoms with van der Waals surface area (Å²) in [6, 6.07) is 5.84. The first-order valence-corrected chi connectivity index (χ1v) is 8.14. The largest absolute Gasteiger partial charge is 0.478 e. The fourth-order valence-corrected chi connectivity index (χ4v) is 3.69. The molecule has 0 saturated carbocycles. The van der Waals surface area contributed by atoms with E-state index in [1.165, 1.54) is 29.5 Å². The summed E-state index contributed by atoms with van der Waals surface area (Å²) < 4.78 is 26.3. The van der Waals surface area contributed by atoms with Crippen molar-refractivity contribution in [3.8, 4) is 0 Å². The Kier molecular flexibility index (Phi) is 4.05. The van der Waals surface area contributed by atoms with Gasteiger partial charge in [0.25, 0.3) is 0 Å². The number of nitrogens with one attached hydrogen (secondary N) is 1. The number of benzene rings is 1. The summed E-state index contributed by atoms with van der Waals surface area (Å²) in [6.07, 6.45) is 0. The molecule has 0 aliphatic heterocycles. The number of anilines is 1. The molecule has 0 fully saturated rings. The maximum atomic E-state index is 12.0. The molecule has 20 heavy (non-hydrogen) atoms. The third kappa shape index (κ3) is 3.78. The molecule has 0 bridgehead atoms. The Morgan fingerprint density at radius 2 is 2.20 bits per heavy atom. The van der Waals surface area contributed by atoms with Crippen LogP contribution in [0.4, 0.5) is 5.13 Å². The van der Waals surface area contributed by atoms with E-state index in [1.54, 1.807) is 18.4 Å². The highest BCUT2D eigenvalue weighted by atomic mass is 32.2. The maximum absolute atomic E-state index is 12.0. The second kappa shape index (κ2) is 5.59. The SMILES string of the molecule is Cc1csc(NS(=O)(=O)Cc2cccc(C(=O)O)c2)n1. The second-order valence-electron chi connectivity index (χ2n) is 4.16. The number of thiazole rings is 1. The fourth-order valence-electron chi connectivity index (χ4n) is 1.58. The van der Waals surface area contributed by atoms with Crippen LogP contribution in [0.2, 0.25) is 0 Å². The van der Waals surface area contributed by atoms with Crippen molar-refractivity contribution in [2.45, 2.75) is 12.7 Å². The highest BCUT2D eigenvalue weighted by Gasteiger charge is 2.14. The van der Waals surface area contributed by atoms with Gasteiger partial charge in [-0.3, -0.25) is 4.72 Å². The third-order valence-corrected chi connectivity index (χ3v) is 4.61. The molecule has 2 aromatic rings. The van der Waals surface area contributed by atoms with Crippen molar-refractivity contribution in [2.24, 2.45) is 0 Å². The number of carboxylic acids is 1. The molecule has 0 unspecified atom stereocenters. The van der Waals surface area contributed by atoms with Gasteiger partial charge in [-0.1, -0.05) is 12.1 Å². The number of rotatable bonds is 5. The van der Waals surface area contributed by atoms with Crippen LogP contribution in [0.5, 0.6) is 0 Å². The van der Waals surface area contributed by atoms with E-state index in [4.69, 9.17) is 5.11 Å². The van der Waals surface area contributed by atoms with Gasteiger partial charge in [-0.2, -0.15) is 0 Å². The van der Waals surface area contributed by atoms with E-state index in [2.05, 4.69) is 9.71 Å². The van der Waals surface area contributed by atoms with Crippen molar-refractivity contribution in [1.82, 2.24) is 4.98 Å². The molecule has 106 valence electrons. The van der Waals surface area contributed by atoms with Crippen LogP contribution < -0.4 is 4.72 Å². The predicted molar refractivity (Wildman–Crippen MR) is 76.5 cm³/mol.